The summed E-state index contributed by atoms with van der Waals surface area (Å²) in [5.41, 5.74) is 0.0679. The maximum atomic E-state index is 12.4. The van der Waals surface area contributed by atoms with Crippen LogP contribution in [0, 0.1) is 11.3 Å². The molecule has 0 spiro atoms. The van der Waals surface area contributed by atoms with Crippen molar-refractivity contribution >= 4 is 5.91 Å². The molecule has 0 saturated carbocycles. The number of likely N-dealkylation sites (tertiary alicyclic amines) is 1. The Morgan fingerprint density at radius 3 is 2.67 bits per heavy atom. The van der Waals surface area contributed by atoms with E-state index < -0.39 is 0 Å². The van der Waals surface area contributed by atoms with Gasteiger partial charge in [-0.05, 0) is 56.7 Å². The van der Waals surface area contributed by atoms with E-state index in [4.69, 9.17) is 0 Å². The van der Waals surface area contributed by atoms with Crippen LogP contribution in [0.4, 0.5) is 0 Å². The lowest BCUT2D eigenvalue weighted by Gasteiger charge is -2.38. The largest absolute Gasteiger partial charge is 0.354 e. The highest BCUT2D eigenvalue weighted by Crippen LogP contribution is 2.30. The third-order valence-electron chi connectivity index (χ3n) is 5.03. The summed E-state index contributed by atoms with van der Waals surface area (Å²) in [5.74, 6) is 0.712. The molecule has 0 bridgehead atoms. The number of rotatable bonds is 5. The minimum atomic E-state index is -0.0339. The molecule has 0 radical (unpaired) electrons. The molecular formula is C17H33N3O. The van der Waals surface area contributed by atoms with Crippen molar-refractivity contribution in [2.45, 2.75) is 58.9 Å². The van der Waals surface area contributed by atoms with Crippen LogP contribution in [0.2, 0.25) is 0 Å². The van der Waals surface area contributed by atoms with Gasteiger partial charge in [0.2, 0.25) is 5.91 Å². The Morgan fingerprint density at radius 1 is 1.29 bits per heavy atom. The van der Waals surface area contributed by atoms with Gasteiger partial charge in [0.15, 0.2) is 0 Å². The number of carbonyl (C=O) groups excluding carboxylic acids is 1. The van der Waals surface area contributed by atoms with Crippen molar-refractivity contribution in [2.75, 3.05) is 32.7 Å². The van der Waals surface area contributed by atoms with Crippen LogP contribution in [0.5, 0.6) is 0 Å². The lowest BCUT2D eigenvalue weighted by atomic mass is 9.77. The molecule has 2 heterocycles. The molecule has 0 aromatic heterocycles. The molecule has 4 heteroatoms. The minimum Gasteiger partial charge on any atom is -0.354 e. The molecule has 2 N–H and O–H groups in total. The normalized spacial score (nSPS) is 28.0. The average Bonchev–Trinajstić information content (AvgIpc) is 2.45. The molecule has 1 amide bonds. The summed E-state index contributed by atoms with van der Waals surface area (Å²) in [5, 5.41) is 6.56. The lowest BCUT2D eigenvalue weighted by Crippen LogP contribution is -2.56. The number of piperidine rings is 2. The smallest absolute Gasteiger partial charge is 0.237 e. The number of nitrogens with zero attached hydrogens (tertiary/aromatic N) is 1. The molecule has 21 heavy (non-hydrogen) atoms. The fourth-order valence-corrected chi connectivity index (χ4v) is 3.68. The van der Waals surface area contributed by atoms with Gasteiger partial charge in [0.05, 0.1) is 6.04 Å². The number of nitrogens with one attached hydrogen (secondary N) is 2. The Morgan fingerprint density at radius 2 is 2.00 bits per heavy atom. The summed E-state index contributed by atoms with van der Waals surface area (Å²) >= 11 is 0. The van der Waals surface area contributed by atoms with Crippen molar-refractivity contribution in [2.24, 2.45) is 11.3 Å². The van der Waals surface area contributed by atoms with Crippen LogP contribution in [-0.4, -0.2) is 49.6 Å². The van der Waals surface area contributed by atoms with Gasteiger partial charge in [-0.1, -0.05) is 27.2 Å². The predicted octanol–water partition coefficient (Wildman–Crippen LogP) is 2.00. The molecule has 2 fully saturated rings. The molecule has 4 nitrogen and oxygen atoms in total. The van der Waals surface area contributed by atoms with Crippen molar-refractivity contribution in [1.82, 2.24) is 15.5 Å². The molecule has 2 atom stereocenters. The third kappa shape index (κ3) is 4.96. The second-order valence-corrected chi connectivity index (χ2v) is 7.69. The molecule has 0 aliphatic carbocycles. The first kappa shape index (κ1) is 16.8. The summed E-state index contributed by atoms with van der Waals surface area (Å²) in [4.78, 5) is 15.0. The van der Waals surface area contributed by atoms with Gasteiger partial charge in [-0.15, -0.1) is 0 Å². The molecule has 2 aliphatic heterocycles. The van der Waals surface area contributed by atoms with Crippen LogP contribution in [0.15, 0.2) is 0 Å². The van der Waals surface area contributed by atoms with Crippen LogP contribution in [-0.2, 0) is 4.79 Å². The van der Waals surface area contributed by atoms with E-state index in [2.05, 4.69) is 36.3 Å². The van der Waals surface area contributed by atoms with Gasteiger partial charge in [-0.2, -0.15) is 0 Å². The third-order valence-corrected chi connectivity index (χ3v) is 5.03. The van der Waals surface area contributed by atoms with E-state index >= 15 is 0 Å². The maximum absolute atomic E-state index is 12.4. The highest BCUT2D eigenvalue weighted by molar-refractivity contribution is 5.82. The Kier molecular flexibility index (Phi) is 6.06. The SMILES string of the molecule is CC(CNC(=O)C1NCCCC1(C)C)CN1CCCCC1. The summed E-state index contributed by atoms with van der Waals surface area (Å²) in [6, 6.07) is -0.0339. The van der Waals surface area contributed by atoms with E-state index in [1.54, 1.807) is 0 Å². The Bertz CT molecular complexity index is 337. The first-order valence-corrected chi connectivity index (χ1v) is 8.72. The van der Waals surface area contributed by atoms with Crippen LogP contribution in [0.1, 0.15) is 52.9 Å². The van der Waals surface area contributed by atoms with Gasteiger partial charge in [0.25, 0.3) is 0 Å². The zero-order valence-electron chi connectivity index (χ0n) is 14.1. The molecule has 0 aromatic rings. The Hall–Kier alpha value is -0.610. The molecule has 122 valence electrons. The second-order valence-electron chi connectivity index (χ2n) is 7.69. The van der Waals surface area contributed by atoms with Crippen LogP contribution < -0.4 is 10.6 Å². The molecule has 2 unspecified atom stereocenters. The predicted molar refractivity (Wildman–Crippen MR) is 87.3 cm³/mol. The van der Waals surface area contributed by atoms with E-state index in [1.807, 2.05) is 0 Å². The van der Waals surface area contributed by atoms with Gasteiger partial charge < -0.3 is 15.5 Å². The van der Waals surface area contributed by atoms with E-state index in [-0.39, 0.29) is 17.4 Å². The first-order valence-electron chi connectivity index (χ1n) is 8.72. The van der Waals surface area contributed by atoms with Gasteiger partial charge in [-0.25, -0.2) is 0 Å². The number of carbonyl (C=O) groups is 1. The maximum Gasteiger partial charge on any atom is 0.237 e. The Labute approximate surface area is 130 Å². The molecule has 0 aromatic carbocycles. The number of hydrogen-bond acceptors (Lipinski definition) is 3. The lowest BCUT2D eigenvalue weighted by molar-refractivity contribution is -0.127. The van der Waals surface area contributed by atoms with Gasteiger partial charge in [-0.3, -0.25) is 4.79 Å². The highest BCUT2D eigenvalue weighted by atomic mass is 16.2. The number of hydrogen-bond donors (Lipinski definition) is 2. The standard InChI is InChI=1S/C17H33N3O/c1-14(13-20-10-5-4-6-11-20)12-19-16(21)15-17(2,3)8-7-9-18-15/h14-15,18H,4-13H2,1-3H3,(H,19,21). The van der Waals surface area contributed by atoms with E-state index in [9.17, 15) is 4.79 Å². The molecular weight excluding hydrogens is 262 g/mol. The second kappa shape index (κ2) is 7.59. The zero-order chi connectivity index (χ0) is 15.3. The fraction of sp³-hybridized carbons (Fsp3) is 0.941. The van der Waals surface area contributed by atoms with Gasteiger partial charge in [0.1, 0.15) is 0 Å². The molecule has 2 aliphatic rings. The zero-order valence-corrected chi connectivity index (χ0v) is 14.1. The summed E-state index contributed by atoms with van der Waals surface area (Å²) in [6.45, 7) is 12.0. The molecule has 2 rings (SSSR count). The summed E-state index contributed by atoms with van der Waals surface area (Å²) in [7, 11) is 0. The first-order chi connectivity index (χ1) is 9.99. The number of amides is 1. The highest BCUT2D eigenvalue weighted by Gasteiger charge is 2.36. The van der Waals surface area contributed by atoms with E-state index in [0.29, 0.717) is 5.92 Å². The Balaban J connectivity index is 1.72. The minimum absolute atomic E-state index is 0.0339. The van der Waals surface area contributed by atoms with E-state index in [0.717, 1.165) is 26.1 Å². The summed E-state index contributed by atoms with van der Waals surface area (Å²) in [6.07, 6.45) is 6.34. The van der Waals surface area contributed by atoms with Crippen LogP contribution in [0.25, 0.3) is 0 Å². The quantitative estimate of drug-likeness (QED) is 0.815. The molecule has 2 saturated heterocycles. The van der Waals surface area contributed by atoms with Gasteiger partial charge in [0, 0.05) is 13.1 Å². The van der Waals surface area contributed by atoms with Crippen LogP contribution >= 0.6 is 0 Å². The summed E-state index contributed by atoms with van der Waals surface area (Å²) < 4.78 is 0. The van der Waals surface area contributed by atoms with Crippen LogP contribution in [0.3, 0.4) is 0 Å². The van der Waals surface area contributed by atoms with Crippen molar-refractivity contribution < 1.29 is 4.79 Å². The van der Waals surface area contributed by atoms with Crippen molar-refractivity contribution in [1.29, 1.82) is 0 Å². The van der Waals surface area contributed by atoms with Crippen molar-refractivity contribution in [3.05, 3.63) is 0 Å². The fourth-order valence-electron chi connectivity index (χ4n) is 3.68. The monoisotopic (exact) mass is 295 g/mol. The van der Waals surface area contributed by atoms with Gasteiger partial charge >= 0.3 is 0 Å². The average molecular weight is 295 g/mol. The van der Waals surface area contributed by atoms with Crippen molar-refractivity contribution in [3.63, 3.8) is 0 Å². The van der Waals surface area contributed by atoms with E-state index in [1.165, 1.54) is 38.8 Å². The topological polar surface area (TPSA) is 44.4 Å². The van der Waals surface area contributed by atoms with Crippen molar-refractivity contribution in [3.8, 4) is 0 Å².